The molecule has 0 amide bonds. The summed E-state index contributed by atoms with van der Waals surface area (Å²) in [6.07, 6.45) is 2.39. The predicted octanol–water partition coefficient (Wildman–Crippen LogP) is 2.78. The summed E-state index contributed by atoms with van der Waals surface area (Å²) in [6, 6.07) is 10.4. The minimum Gasteiger partial charge on any atom is -0.360 e. The summed E-state index contributed by atoms with van der Waals surface area (Å²) in [5.74, 6) is 0. The molecule has 22 heavy (non-hydrogen) atoms. The molecule has 0 atom stereocenters. The zero-order chi connectivity index (χ0) is 15.7. The summed E-state index contributed by atoms with van der Waals surface area (Å²) >= 11 is 5.55. The van der Waals surface area contributed by atoms with E-state index in [4.69, 9.17) is 12.2 Å². The highest BCUT2D eigenvalue weighted by molar-refractivity contribution is 7.80. The Balaban J connectivity index is 1.92. The smallest absolute Gasteiger partial charge is 0.248 e. The second-order valence-electron chi connectivity index (χ2n) is 6.15. The fraction of sp³-hybridized carbons (Fsp3) is 0.412. The van der Waals surface area contributed by atoms with Crippen LogP contribution in [0.1, 0.15) is 32.3 Å². The van der Waals surface area contributed by atoms with Crippen LogP contribution in [0.15, 0.2) is 35.1 Å². The maximum absolute atomic E-state index is 11.9. The summed E-state index contributed by atoms with van der Waals surface area (Å²) in [6.45, 7) is 4.88. The SMILES string of the molecule is CC(C)N(Cc1cc(=O)[nH]c2ccccc12)C(=S)NC1CC1. The van der Waals surface area contributed by atoms with E-state index in [0.717, 1.165) is 21.6 Å². The molecule has 116 valence electrons. The minimum atomic E-state index is -0.0709. The number of hydrogen-bond donors (Lipinski definition) is 2. The Morgan fingerprint density at radius 2 is 2.14 bits per heavy atom. The molecule has 1 aliphatic rings. The van der Waals surface area contributed by atoms with Crippen LogP contribution in [0.2, 0.25) is 0 Å². The number of fused-ring (bicyclic) bond motifs is 1. The fourth-order valence-electron chi connectivity index (χ4n) is 2.57. The van der Waals surface area contributed by atoms with Crippen LogP contribution in [0.25, 0.3) is 10.9 Å². The third-order valence-corrected chi connectivity index (χ3v) is 4.32. The zero-order valence-corrected chi connectivity index (χ0v) is 13.7. The molecule has 2 N–H and O–H groups in total. The summed E-state index contributed by atoms with van der Waals surface area (Å²) in [5, 5.41) is 5.24. The number of benzene rings is 1. The molecule has 0 spiro atoms. The average molecular weight is 315 g/mol. The van der Waals surface area contributed by atoms with Crippen LogP contribution in [0.3, 0.4) is 0 Å². The fourth-order valence-corrected chi connectivity index (χ4v) is 3.01. The summed E-state index contributed by atoms with van der Waals surface area (Å²) in [7, 11) is 0. The van der Waals surface area contributed by atoms with Gasteiger partial charge in [-0.25, -0.2) is 0 Å². The molecule has 2 aromatic rings. The van der Waals surface area contributed by atoms with Crippen molar-refractivity contribution in [2.75, 3.05) is 0 Å². The second-order valence-corrected chi connectivity index (χ2v) is 6.54. The van der Waals surface area contributed by atoms with Gasteiger partial charge in [-0.05, 0) is 50.5 Å². The van der Waals surface area contributed by atoms with Gasteiger partial charge in [0.25, 0.3) is 0 Å². The first kappa shape index (κ1) is 15.0. The van der Waals surface area contributed by atoms with E-state index in [1.54, 1.807) is 6.07 Å². The van der Waals surface area contributed by atoms with Gasteiger partial charge in [0, 0.05) is 35.6 Å². The van der Waals surface area contributed by atoms with Crippen LogP contribution in [-0.2, 0) is 6.54 Å². The molecule has 1 aromatic heterocycles. The topological polar surface area (TPSA) is 48.1 Å². The third-order valence-electron chi connectivity index (χ3n) is 3.97. The third kappa shape index (κ3) is 3.30. The summed E-state index contributed by atoms with van der Waals surface area (Å²) in [4.78, 5) is 16.9. The first-order valence-corrected chi connectivity index (χ1v) is 8.13. The lowest BCUT2D eigenvalue weighted by atomic mass is 10.1. The van der Waals surface area contributed by atoms with E-state index in [-0.39, 0.29) is 11.6 Å². The molecule has 0 aliphatic heterocycles. The van der Waals surface area contributed by atoms with Crippen LogP contribution >= 0.6 is 12.2 Å². The van der Waals surface area contributed by atoms with Crippen molar-refractivity contribution in [3.63, 3.8) is 0 Å². The highest BCUT2D eigenvalue weighted by Crippen LogP contribution is 2.21. The van der Waals surface area contributed by atoms with Crippen molar-refractivity contribution in [2.45, 2.75) is 45.3 Å². The van der Waals surface area contributed by atoms with Gasteiger partial charge in [-0.15, -0.1) is 0 Å². The molecule has 3 rings (SSSR count). The monoisotopic (exact) mass is 315 g/mol. The maximum Gasteiger partial charge on any atom is 0.248 e. The second kappa shape index (κ2) is 6.08. The molecule has 5 heteroatoms. The Hall–Kier alpha value is -1.88. The van der Waals surface area contributed by atoms with Crippen molar-refractivity contribution < 1.29 is 0 Å². The van der Waals surface area contributed by atoms with Crippen LogP contribution in [0.5, 0.6) is 0 Å². The number of hydrogen-bond acceptors (Lipinski definition) is 2. The first-order chi connectivity index (χ1) is 10.5. The van der Waals surface area contributed by atoms with E-state index < -0.39 is 0 Å². The van der Waals surface area contributed by atoms with Crippen LogP contribution in [0.4, 0.5) is 0 Å². The average Bonchev–Trinajstić information content (AvgIpc) is 3.27. The molecule has 1 aliphatic carbocycles. The number of rotatable bonds is 4. The van der Waals surface area contributed by atoms with Crippen molar-refractivity contribution in [3.8, 4) is 0 Å². The van der Waals surface area contributed by atoms with Crippen LogP contribution < -0.4 is 10.9 Å². The quantitative estimate of drug-likeness (QED) is 0.852. The lowest BCUT2D eigenvalue weighted by molar-refractivity contribution is 0.338. The van der Waals surface area contributed by atoms with Gasteiger partial charge in [-0.2, -0.15) is 0 Å². The van der Waals surface area contributed by atoms with E-state index >= 15 is 0 Å². The highest BCUT2D eigenvalue weighted by Gasteiger charge is 2.25. The van der Waals surface area contributed by atoms with Crippen LogP contribution in [0, 0.1) is 0 Å². The Kier molecular flexibility index (Phi) is 4.16. The molecule has 1 fully saturated rings. The number of nitrogens with one attached hydrogen (secondary N) is 2. The largest absolute Gasteiger partial charge is 0.360 e. The van der Waals surface area contributed by atoms with Crippen molar-refractivity contribution in [3.05, 3.63) is 46.2 Å². The van der Waals surface area contributed by atoms with E-state index in [2.05, 4.69) is 29.0 Å². The molecule has 0 bridgehead atoms. The molecule has 0 saturated heterocycles. The lowest BCUT2D eigenvalue weighted by Gasteiger charge is -2.30. The molecular weight excluding hydrogens is 294 g/mol. The van der Waals surface area contributed by atoms with E-state index in [9.17, 15) is 4.79 Å². The maximum atomic E-state index is 11.9. The van der Waals surface area contributed by atoms with Crippen LogP contribution in [-0.4, -0.2) is 27.1 Å². The number of thiocarbonyl (C=S) groups is 1. The van der Waals surface area contributed by atoms with E-state index in [1.165, 1.54) is 12.8 Å². The Morgan fingerprint density at radius 1 is 1.41 bits per heavy atom. The molecule has 1 heterocycles. The van der Waals surface area contributed by atoms with Gasteiger partial charge in [-0.1, -0.05) is 18.2 Å². The lowest BCUT2D eigenvalue weighted by Crippen LogP contribution is -2.44. The highest BCUT2D eigenvalue weighted by atomic mass is 32.1. The Morgan fingerprint density at radius 3 is 2.82 bits per heavy atom. The van der Waals surface area contributed by atoms with E-state index in [0.29, 0.717) is 12.6 Å². The van der Waals surface area contributed by atoms with Gasteiger partial charge in [0.1, 0.15) is 0 Å². The van der Waals surface area contributed by atoms with Crippen molar-refractivity contribution in [1.29, 1.82) is 0 Å². The standard InChI is InChI=1S/C17H21N3OS/c1-11(2)20(17(22)18-13-7-8-13)10-12-9-16(21)19-15-6-4-3-5-14(12)15/h3-6,9,11,13H,7-8,10H2,1-2H3,(H,18,22)(H,19,21). The van der Waals surface area contributed by atoms with Gasteiger partial charge < -0.3 is 15.2 Å². The summed E-state index contributed by atoms with van der Waals surface area (Å²) < 4.78 is 0. The van der Waals surface area contributed by atoms with Gasteiger partial charge in [-0.3, -0.25) is 4.79 Å². The van der Waals surface area contributed by atoms with Gasteiger partial charge in [0.15, 0.2) is 5.11 Å². The van der Waals surface area contributed by atoms with Crippen molar-refractivity contribution in [1.82, 2.24) is 15.2 Å². The number of nitrogens with zero attached hydrogens (tertiary/aromatic N) is 1. The van der Waals surface area contributed by atoms with Gasteiger partial charge in [0.2, 0.25) is 5.56 Å². The summed E-state index contributed by atoms with van der Waals surface area (Å²) in [5.41, 5.74) is 1.81. The zero-order valence-electron chi connectivity index (χ0n) is 12.9. The molecule has 1 aromatic carbocycles. The molecule has 0 unspecified atom stereocenters. The van der Waals surface area contributed by atoms with Gasteiger partial charge in [0.05, 0.1) is 0 Å². The first-order valence-electron chi connectivity index (χ1n) is 7.72. The number of para-hydroxylation sites is 1. The Bertz CT molecular complexity index is 749. The molecular formula is C17H21N3OS. The molecule has 0 radical (unpaired) electrons. The normalized spacial score (nSPS) is 14.3. The number of H-pyrrole nitrogens is 1. The predicted molar refractivity (Wildman–Crippen MR) is 94.0 cm³/mol. The van der Waals surface area contributed by atoms with Crippen molar-refractivity contribution >= 4 is 28.2 Å². The van der Waals surface area contributed by atoms with E-state index in [1.807, 2.05) is 24.3 Å². The number of aromatic amines is 1. The molecule has 4 nitrogen and oxygen atoms in total. The number of pyridine rings is 1. The molecule has 1 saturated carbocycles. The van der Waals surface area contributed by atoms with Gasteiger partial charge >= 0.3 is 0 Å². The Labute approximate surface area is 135 Å². The van der Waals surface area contributed by atoms with Crippen molar-refractivity contribution in [2.24, 2.45) is 0 Å². The minimum absolute atomic E-state index is 0.0709. The number of aromatic nitrogens is 1.